The van der Waals surface area contributed by atoms with Crippen molar-refractivity contribution in [3.63, 3.8) is 0 Å². The fraction of sp³-hybridized carbons (Fsp3) is 0.100. The van der Waals surface area contributed by atoms with E-state index in [1.807, 2.05) is 30.6 Å². The summed E-state index contributed by atoms with van der Waals surface area (Å²) >= 11 is 1.53. The van der Waals surface area contributed by atoms with E-state index in [9.17, 15) is 4.79 Å². The predicted molar refractivity (Wildman–Crippen MR) is 104 cm³/mol. The number of aliphatic hydroxyl groups excluding tert-OH is 1. The van der Waals surface area contributed by atoms with Crippen LogP contribution in [0.5, 0.6) is 0 Å². The average molecular weight is 555 g/mol. The van der Waals surface area contributed by atoms with Gasteiger partial charge in [0.1, 0.15) is 6.33 Å². The molecule has 1 aromatic carbocycles. The SMILES string of the molecule is CC(=O)/C=C(/C)O.[Ir].[c-]1sc2cncnc2c1-c1nccc2ccccc12. The number of benzene rings is 1. The summed E-state index contributed by atoms with van der Waals surface area (Å²) in [4.78, 5) is 22.9. The number of allylic oxidation sites excluding steroid dienone is 2. The molecular formula is C20H16IrN3O2S-. The van der Waals surface area contributed by atoms with E-state index in [1.54, 1.807) is 6.33 Å². The van der Waals surface area contributed by atoms with Crippen LogP contribution < -0.4 is 0 Å². The molecule has 0 fully saturated rings. The van der Waals surface area contributed by atoms with Crippen LogP contribution in [0.1, 0.15) is 13.8 Å². The molecule has 4 aromatic rings. The van der Waals surface area contributed by atoms with Crippen molar-refractivity contribution >= 4 is 38.1 Å². The Morgan fingerprint density at radius 1 is 1.19 bits per heavy atom. The predicted octanol–water partition coefficient (Wildman–Crippen LogP) is 4.74. The number of carbonyl (C=O) groups is 1. The Morgan fingerprint density at radius 2 is 1.96 bits per heavy atom. The van der Waals surface area contributed by atoms with Gasteiger partial charge in [-0.2, -0.15) is 0 Å². The van der Waals surface area contributed by atoms with Gasteiger partial charge in [0.2, 0.25) is 0 Å². The van der Waals surface area contributed by atoms with E-state index in [2.05, 4.69) is 32.5 Å². The molecule has 0 unspecified atom stereocenters. The smallest absolute Gasteiger partial charge is 0.155 e. The monoisotopic (exact) mass is 555 g/mol. The van der Waals surface area contributed by atoms with E-state index in [0.29, 0.717) is 0 Å². The average Bonchev–Trinajstić information content (AvgIpc) is 3.04. The van der Waals surface area contributed by atoms with Crippen LogP contribution in [0.25, 0.3) is 32.2 Å². The summed E-state index contributed by atoms with van der Waals surface area (Å²) in [7, 11) is 0. The molecule has 0 bridgehead atoms. The second-order valence-corrected chi connectivity index (χ2v) is 6.44. The fourth-order valence-electron chi connectivity index (χ4n) is 2.51. The molecule has 0 aliphatic carbocycles. The van der Waals surface area contributed by atoms with Crippen molar-refractivity contribution in [1.82, 2.24) is 15.0 Å². The van der Waals surface area contributed by atoms with Crippen molar-refractivity contribution in [2.75, 3.05) is 0 Å². The van der Waals surface area contributed by atoms with Gasteiger partial charge >= 0.3 is 0 Å². The molecule has 0 saturated carbocycles. The molecule has 1 radical (unpaired) electrons. The number of ketones is 1. The van der Waals surface area contributed by atoms with E-state index in [1.165, 1.54) is 36.6 Å². The summed E-state index contributed by atoms with van der Waals surface area (Å²) in [6, 6.07) is 10.2. The molecular weight excluding hydrogens is 539 g/mol. The van der Waals surface area contributed by atoms with E-state index in [4.69, 9.17) is 5.11 Å². The molecule has 3 heterocycles. The number of rotatable bonds is 2. The molecule has 0 aliphatic rings. The summed E-state index contributed by atoms with van der Waals surface area (Å²) in [6.07, 6.45) is 6.38. The van der Waals surface area contributed by atoms with Gasteiger partial charge in [0, 0.05) is 32.4 Å². The molecule has 3 aromatic heterocycles. The number of pyridine rings is 1. The molecule has 4 rings (SSSR count). The molecule has 5 nitrogen and oxygen atoms in total. The molecule has 0 amide bonds. The van der Waals surface area contributed by atoms with Crippen molar-refractivity contribution in [3.05, 3.63) is 66.3 Å². The molecule has 7 heteroatoms. The van der Waals surface area contributed by atoms with Crippen molar-refractivity contribution in [2.24, 2.45) is 0 Å². The number of hydrogen-bond acceptors (Lipinski definition) is 6. The van der Waals surface area contributed by atoms with Gasteiger partial charge in [-0.15, -0.1) is 0 Å². The van der Waals surface area contributed by atoms with E-state index in [0.717, 1.165) is 26.9 Å². The Kier molecular flexibility index (Phi) is 7.30. The largest absolute Gasteiger partial charge is 0.512 e. The number of fused-ring (bicyclic) bond motifs is 2. The first-order chi connectivity index (χ1) is 12.6. The maximum absolute atomic E-state index is 10.0. The zero-order valence-electron chi connectivity index (χ0n) is 14.6. The van der Waals surface area contributed by atoms with Crippen LogP contribution >= 0.6 is 11.3 Å². The molecule has 139 valence electrons. The van der Waals surface area contributed by atoms with Gasteiger partial charge in [0.25, 0.3) is 0 Å². The Hall–Kier alpha value is -2.47. The number of hydrogen-bond donors (Lipinski definition) is 1. The van der Waals surface area contributed by atoms with Crippen molar-refractivity contribution in [1.29, 1.82) is 0 Å². The number of aliphatic hydroxyl groups is 1. The fourth-order valence-corrected chi connectivity index (χ4v) is 3.28. The maximum atomic E-state index is 10.0. The Balaban J connectivity index is 0.000000285. The summed E-state index contributed by atoms with van der Waals surface area (Å²) in [6.45, 7) is 2.85. The Bertz CT molecular complexity index is 1100. The standard InChI is InChI=1S/C15H8N3S.C5H8O2.Ir/c1-2-4-11-10(3-1)5-6-17-14(11)12-8-19-13-7-16-9-18-15(12)13;1-4(6)3-5(2)7;/h1-7,9H;3,6H,1-2H3;/q-1;;/b;4-3-;. The zero-order valence-corrected chi connectivity index (χ0v) is 17.8. The van der Waals surface area contributed by atoms with Crippen LogP contribution in [0.2, 0.25) is 0 Å². The van der Waals surface area contributed by atoms with Crippen LogP contribution in [0, 0.1) is 5.38 Å². The molecule has 0 aliphatic heterocycles. The number of thiophene rings is 1. The van der Waals surface area contributed by atoms with E-state index in [-0.39, 0.29) is 31.6 Å². The van der Waals surface area contributed by atoms with E-state index < -0.39 is 0 Å². The third-order valence-corrected chi connectivity index (χ3v) is 4.33. The van der Waals surface area contributed by atoms with Gasteiger partial charge in [-0.05, 0) is 52.8 Å². The number of aromatic nitrogens is 3. The normalized spacial score (nSPS) is 10.8. The maximum Gasteiger partial charge on any atom is 0.155 e. The van der Waals surface area contributed by atoms with Crippen molar-refractivity contribution in [2.45, 2.75) is 13.8 Å². The van der Waals surface area contributed by atoms with Crippen LogP contribution in [0.15, 0.2) is 60.9 Å². The van der Waals surface area contributed by atoms with Gasteiger partial charge in [0.05, 0.1) is 5.76 Å². The first-order valence-corrected chi connectivity index (χ1v) is 8.70. The molecule has 27 heavy (non-hydrogen) atoms. The minimum absolute atomic E-state index is 0. The van der Waals surface area contributed by atoms with Crippen LogP contribution in [0.4, 0.5) is 0 Å². The van der Waals surface area contributed by atoms with Gasteiger partial charge in [-0.1, -0.05) is 35.2 Å². The second kappa shape index (κ2) is 9.46. The summed E-state index contributed by atoms with van der Waals surface area (Å²) in [5.74, 6) is -0.0625. The topological polar surface area (TPSA) is 76.0 Å². The minimum Gasteiger partial charge on any atom is -0.512 e. The van der Waals surface area contributed by atoms with Crippen molar-refractivity contribution < 1.29 is 30.0 Å². The second-order valence-electron chi connectivity index (χ2n) is 5.59. The minimum atomic E-state index is -0.125. The third-order valence-electron chi connectivity index (χ3n) is 3.50. The van der Waals surface area contributed by atoms with Crippen LogP contribution in [-0.4, -0.2) is 25.8 Å². The number of carbonyl (C=O) groups excluding carboxylic acids is 1. The zero-order chi connectivity index (χ0) is 18.5. The Labute approximate surface area is 174 Å². The van der Waals surface area contributed by atoms with Crippen LogP contribution in [0.3, 0.4) is 0 Å². The Morgan fingerprint density at radius 3 is 2.67 bits per heavy atom. The van der Waals surface area contributed by atoms with Gasteiger partial charge in [0.15, 0.2) is 5.78 Å². The van der Waals surface area contributed by atoms with Gasteiger partial charge in [-0.3, -0.25) is 26.1 Å². The third kappa shape index (κ3) is 5.04. The van der Waals surface area contributed by atoms with Gasteiger partial charge in [-0.25, -0.2) is 0 Å². The molecule has 0 atom stereocenters. The van der Waals surface area contributed by atoms with Crippen molar-refractivity contribution in [3.8, 4) is 11.3 Å². The molecule has 0 spiro atoms. The molecule has 0 saturated heterocycles. The first kappa shape index (κ1) is 20.8. The first-order valence-electron chi connectivity index (χ1n) is 7.88. The number of nitrogens with zero attached hydrogens (tertiary/aromatic N) is 3. The summed E-state index contributed by atoms with van der Waals surface area (Å²) < 4.78 is 1.03. The van der Waals surface area contributed by atoms with Gasteiger partial charge < -0.3 is 10.1 Å². The summed E-state index contributed by atoms with van der Waals surface area (Å²) in [5, 5.41) is 14.0. The summed E-state index contributed by atoms with van der Waals surface area (Å²) in [5.41, 5.74) is 2.81. The quantitative estimate of drug-likeness (QED) is 0.220. The molecule has 1 N–H and O–H groups in total. The van der Waals surface area contributed by atoms with Crippen LogP contribution in [-0.2, 0) is 24.9 Å². The van der Waals surface area contributed by atoms with E-state index >= 15 is 0 Å².